The van der Waals surface area contributed by atoms with Crippen molar-refractivity contribution >= 4 is 5.84 Å². The van der Waals surface area contributed by atoms with Gasteiger partial charge in [0.05, 0.1) is 5.54 Å². The Morgan fingerprint density at radius 1 is 1.10 bits per heavy atom. The summed E-state index contributed by atoms with van der Waals surface area (Å²) >= 11 is 0. The summed E-state index contributed by atoms with van der Waals surface area (Å²) in [5.74, 6) is 1.79. The second-order valence-corrected chi connectivity index (χ2v) is 9.27. The summed E-state index contributed by atoms with van der Waals surface area (Å²) < 4.78 is 0. The second kappa shape index (κ2) is 4.86. The van der Waals surface area contributed by atoms with Crippen LogP contribution in [0.5, 0.6) is 0 Å². The summed E-state index contributed by atoms with van der Waals surface area (Å²) in [6, 6.07) is 0. The second-order valence-electron chi connectivity index (χ2n) is 9.27. The van der Waals surface area contributed by atoms with Crippen LogP contribution in [0, 0.1) is 16.7 Å². The lowest BCUT2D eigenvalue weighted by atomic mass is 9.62. The number of hydrogen-bond donors (Lipinski definition) is 0. The van der Waals surface area contributed by atoms with Crippen molar-refractivity contribution in [3.05, 3.63) is 11.3 Å². The molecule has 2 nitrogen and oxygen atoms in total. The Kier molecular flexibility index (Phi) is 3.84. The highest BCUT2D eigenvalue weighted by atomic mass is 15.3. The molecule has 1 saturated heterocycles. The molecule has 2 heterocycles. The first-order chi connectivity index (χ1) is 9.39. The van der Waals surface area contributed by atoms with Crippen molar-refractivity contribution in [1.29, 1.82) is 0 Å². The van der Waals surface area contributed by atoms with Crippen molar-refractivity contribution in [2.75, 3.05) is 6.54 Å². The van der Waals surface area contributed by atoms with Crippen LogP contribution in [-0.4, -0.2) is 22.8 Å². The van der Waals surface area contributed by atoms with E-state index in [0.717, 1.165) is 6.54 Å². The fourth-order valence-corrected chi connectivity index (χ4v) is 3.96. The third-order valence-corrected chi connectivity index (χ3v) is 5.24. The van der Waals surface area contributed by atoms with Gasteiger partial charge in [0.1, 0.15) is 5.84 Å². The fraction of sp³-hybridized carbons (Fsp3) is 0.842. The van der Waals surface area contributed by atoms with Gasteiger partial charge in [0.15, 0.2) is 0 Å². The van der Waals surface area contributed by atoms with Crippen LogP contribution in [0.3, 0.4) is 0 Å². The highest BCUT2D eigenvalue weighted by Gasteiger charge is 2.50. The molecule has 0 saturated carbocycles. The van der Waals surface area contributed by atoms with E-state index in [0.29, 0.717) is 5.92 Å². The molecule has 1 unspecified atom stereocenters. The summed E-state index contributed by atoms with van der Waals surface area (Å²) in [6.45, 7) is 22.1. The Morgan fingerprint density at radius 2 is 1.67 bits per heavy atom. The van der Waals surface area contributed by atoms with E-state index in [9.17, 15) is 0 Å². The van der Waals surface area contributed by atoms with Crippen LogP contribution in [0.2, 0.25) is 0 Å². The van der Waals surface area contributed by atoms with Crippen molar-refractivity contribution in [1.82, 2.24) is 4.90 Å². The molecule has 21 heavy (non-hydrogen) atoms. The van der Waals surface area contributed by atoms with E-state index in [-0.39, 0.29) is 16.4 Å². The number of amidine groups is 1. The summed E-state index contributed by atoms with van der Waals surface area (Å²) in [7, 11) is 0. The molecule has 2 aliphatic rings. The Bertz CT molecular complexity index is 483. The van der Waals surface area contributed by atoms with Gasteiger partial charge in [-0.1, -0.05) is 55.4 Å². The molecule has 0 aromatic rings. The minimum Gasteiger partial charge on any atom is -0.334 e. The van der Waals surface area contributed by atoms with Crippen molar-refractivity contribution in [2.45, 2.75) is 80.7 Å². The van der Waals surface area contributed by atoms with Gasteiger partial charge in [0.25, 0.3) is 0 Å². The maximum absolute atomic E-state index is 5.36. The number of nitrogens with zero attached hydrogens (tertiary/aromatic N) is 2. The largest absolute Gasteiger partial charge is 0.334 e. The van der Waals surface area contributed by atoms with E-state index in [1.54, 1.807) is 11.3 Å². The standard InChI is InChI=1S/C19H34N2/c1-13(2)16-20-19(9,18(6,7)8)15(17(3,4)5)14-11-10-12-21(14)16/h13H,10-12H2,1-9H3. The SMILES string of the molecule is CC(C)C1=NC(C)(C(C)(C)C)C(C(C)(C)C)=C2CCCN12. The van der Waals surface area contributed by atoms with Crippen LogP contribution in [0.1, 0.15) is 75.2 Å². The fourth-order valence-electron chi connectivity index (χ4n) is 3.96. The van der Waals surface area contributed by atoms with E-state index in [2.05, 4.69) is 67.2 Å². The van der Waals surface area contributed by atoms with E-state index >= 15 is 0 Å². The number of fused-ring (bicyclic) bond motifs is 1. The number of rotatable bonds is 1. The van der Waals surface area contributed by atoms with Crippen LogP contribution in [0.25, 0.3) is 0 Å². The minimum absolute atomic E-state index is 0.110. The van der Waals surface area contributed by atoms with Gasteiger partial charge < -0.3 is 4.90 Å². The zero-order valence-corrected chi connectivity index (χ0v) is 15.6. The highest BCUT2D eigenvalue weighted by Crippen LogP contribution is 2.52. The average Bonchev–Trinajstić information content (AvgIpc) is 2.72. The predicted molar refractivity (Wildman–Crippen MR) is 92.6 cm³/mol. The molecular weight excluding hydrogens is 256 g/mol. The minimum atomic E-state index is -0.110. The monoisotopic (exact) mass is 290 g/mol. The zero-order chi connectivity index (χ0) is 16.2. The zero-order valence-electron chi connectivity index (χ0n) is 15.6. The molecule has 0 radical (unpaired) electrons. The molecule has 2 aliphatic heterocycles. The molecule has 1 atom stereocenters. The van der Waals surface area contributed by atoms with Crippen LogP contribution in [-0.2, 0) is 0 Å². The molecule has 0 bridgehead atoms. The van der Waals surface area contributed by atoms with Gasteiger partial charge >= 0.3 is 0 Å². The van der Waals surface area contributed by atoms with Crippen molar-refractivity contribution in [3.8, 4) is 0 Å². The van der Waals surface area contributed by atoms with E-state index in [1.165, 1.54) is 18.7 Å². The van der Waals surface area contributed by atoms with E-state index in [1.807, 2.05) is 0 Å². The van der Waals surface area contributed by atoms with Crippen LogP contribution >= 0.6 is 0 Å². The summed E-state index contributed by atoms with van der Waals surface area (Å²) in [6.07, 6.45) is 2.48. The number of allylic oxidation sites excluding steroid dienone is 1. The Balaban J connectivity index is 2.72. The van der Waals surface area contributed by atoms with Gasteiger partial charge in [-0.3, -0.25) is 4.99 Å². The lowest BCUT2D eigenvalue weighted by Gasteiger charge is -2.51. The van der Waals surface area contributed by atoms with Gasteiger partial charge in [-0.25, -0.2) is 0 Å². The van der Waals surface area contributed by atoms with Gasteiger partial charge in [0.2, 0.25) is 0 Å². The molecule has 2 heteroatoms. The molecule has 0 spiro atoms. The summed E-state index contributed by atoms with van der Waals surface area (Å²) in [4.78, 5) is 7.89. The van der Waals surface area contributed by atoms with Gasteiger partial charge in [-0.2, -0.15) is 0 Å². The first kappa shape index (κ1) is 16.6. The van der Waals surface area contributed by atoms with Crippen molar-refractivity contribution < 1.29 is 0 Å². The predicted octanol–water partition coefficient (Wildman–Crippen LogP) is 5.26. The average molecular weight is 290 g/mol. The van der Waals surface area contributed by atoms with Crippen molar-refractivity contribution in [2.24, 2.45) is 21.7 Å². The molecule has 120 valence electrons. The van der Waals surface area contributed by atoms with Crippen molar-refractivity contribution in [3.63, 3.8) is 0 Å². The lowest BCUT2D eigenvalue weighted by molar-refractivity contribution is 0.200. The first-order valence-electron chi connectivity index (χ1n) is 8.51. The molecule has 0 N–H and O–H groups in total. The Hall–Kier alpha value is -0.790. The number of aliphatic imine (C=N–C) groups is 1. The Labute approximate surface area is 131 Å². The summed E-state index contributed by atoms with van der Waals surface area (Å²) in [5, 5.41) is 0. The first-order valence-corrected chi connectivity index (χ1v) is 8.51. The Morgan fingerprint density at radius 3 is 2.10 bits per heavy atom. The normalized spacial score (nSPS) is 27.3. The quantitative estimate of drug-likeness (QED) is 0.643. The van der Waals surface area contributed by atoms with Gasteiger partial charge in [-0.15, -0.1) is 0 Å². The summed E-state index contributed by atoms with van der Waals surface area (Å²) in [5.41, 5.74) is 3.30. The van der Waals surface area contributed by atoms with Crippen LogP contribution in [0.15, 0.2) is 16.3 Å². The molecular formula is C19H34N2. The third kappa shape index (κ3) is 2.55. The maximum atomic E-state index is 5.36. The molecule has 2 rings (SSSR count). The number of hydrogen-bond acceptors (Lipinski definition) is 2. The lowest BCUT2D eigenvalue weighted by Crippen LogP contribution is -2.51. The third-order valence-electron chi connectivity index (χ3n) is 5.24. The maximum Gasteiger partial charge on any atom is 0.107 e. The van der Waals surface area contributed by atoms with Crippen LogP contribution < -0.4 is 0 Å². The molecule has 0 aliphatic carbocycles. The van der Waals surface area contributed by atoms with Crippen LogP contribution in [0.4, 0.5) is 0 Å². The van der Waals surface area contributed by atoms with Gasteiger partial charge in [0, 0.05) is 18.2 Å². The van der Waals surface area contributed by atoms with E-state index < -0.39 is 0 Å². The smallest absolute Gasteiger partial charge is 0.107 e. The van der Waals surface area contributed by atoms with Gasteiger partial charge in [-0.05, 0) is 36.2 Å². The molecule has 0 aromatic carbocycles. The topological polar surface area (TPSA) is 15.6 Å². The van der Waals surface area contributed by atoms with E-state index in [4.69, 9.17) is 4.99 Å². The molecule has 0 aromatic heterocycles. The highest BCUT2D eigenvalue weighted by molar-refractivity contribution is 5.88. The molecule has 0 amide bonds. The molecule has 1 fully saturated rings.